The third-order valence-electron chi connectivity index (χ3n) is 4.62. The van der Waals surface area contributed by atoms with Crippen LogP contribution in [0.2, 0.25) is 0 Å². The average Bonchev–Trinajstić information content (AvgIpc) is 2.72. The molecule has 3 N–H and O–H groups in total. The van der Waals surface area contributed by atoms with Gasteiger partial charge < -0.3 is 11.1 Å². The van der Waals surface area contributed by atoms with E-state index in [1.807, 2.05) is 0 Å². The molecule has 3 heteroatoms. The second-order valence-electron chi connectivity index (χ2n) is 6.23. The highest BCUT2D eigenvalue weighted by molar-refractivity contribution is 5.78. The van der Waals surface area contributed by atoms with Crippen molar-refractivity contribution in [2.45, 2.75) is 70.3 Å². The molecule has 0 aromatic rings. The molecule has 0 aromatic heterocycles. The first kappa shape index (κ1) is 13.9. The summed E-state index contributed by atoms with van der Waals surface area (Å²) in [7, 11) is 0. The monoisotopic (exact) mass is 252 g/mol. The molecule has 0 aliphatic heterocycles. The van der Waals surface area contributed by atoms with E-state index in [1.165, 1.54) is 38.5 Å². The van der Waals surface area contributed by atoms with Crippen LogP contribution in [-0.4, -0.2) is 18.5 Å². The van der Waals surface area contributed by atoms with Crippen molar-refractivity contribution in [1.82, 2.24) is 5.32 Å². The van der Waals surface area contributed by atoms with Gasteiger partial charge in [-0.25, -0.2) is 0 Å². The molecule has 2 atom stereocenters. The molecule has 0 aromatic carbocycles. The molecule has 0 radical (unpaired) electrons. The van der Waals surface area contributed by atoms with E-state index in [0.717, 1.165) is 32.2 Å². The first-order chi connectivity index (χ1) is 8.75. The van der Waals surface area contributed by atoms with Gasteiger partial charge in [0.2, 0.25) is 5.91 Å². The van der Waals surface area contributed by atoms with Crippen LogP contribution in [0, 0.1) is 11.8 Å². The quantitative estimate of drug-likeness (QED) is 0.811. The number of nitrogens with two attached hydrogens (primary N) is 1. The number of hydrogen-bond donors (Lipinski definition) is 2. The zero-order valence-corrected chi connectivity index (χ0v) is 11.5. The van der Waals surface area contributed by atoms with E-state index in [-0.39, 0.29) is 5.92 Å². The summed E-state index contributed by atoms with van der Waals surface area (Å²) in [6.45, 7) is 0.850. The smallest absolute Gasteiger partial charge is 0.223 e. The second kappa shape index (κ2) is 7.13. The van der Waals surface area contributed by atoms with Crippen LogP contribution < -0.4 is 11.1 Å². The van der Waals surface area contributed by atoms with Crippen LogP contribution >= 0.6 is 0 Å². The molecule has 3 nitrogen and oxygen atoms in total. The van der Waals surface area contributed by atoms with E-state index in [9.17, 15) is 4.79 Å². The SMILES string of the molecule is NC1CCC(CNC(=O)C2CCCCCCC2)C1. The van der Waals surface area contributed by atoms with Gasteiger partial charge in [-0.2, -0.15) is 0 Å². The van der Waals surface area contributed by atoms with Crippen molar-refractivity contribution in [1.29, 1.82) is 0 Å². The average molecular weight is 252 g/mol. The zero-order chi connectivity index (χ0) is 12.8. The Hall–Kier alpha value is -0.570. The lowest BCUT2D eigenvalue weighted by Crippen LogP contribution is -2.34. The number of amides is 1. The summed E-state index contributed by atoms with van der Waals surface area (Å²) >= 11 is 0. The Balaban J connectivity index is 1.69. The zero-order valence-electron chi connectivity index (χ0n) is 11.5. The Morgan fingerprint density at radius 2 is 1.67 bits per heavy atom. The Morgan fingerprint density at radius 3 is 2.28 bits per heavy atom. The maximum atomic E-state index is 12.2. The molecule has 104 valence electrons. The molecular formula is C15H28N2O. The van der Waals surface area contributed by atoms with Crippen molar-refractivity contribution in [3.63, 3.8) is 0 Å². The lowest BCUT2D eigenvalue weighted by Gasteiger charge is -2.20. The predicted octanol–water partition coefficient (Wildman–Crippen LogP) is 2.59. The van der Waals surface area contributed by atoms with Crippen LogP contribution in [0.5, 0.6) is 0 Å². The van der Waals surface area contributed by atoms with Gasteiger partial charge in [-0.05, 0) is 38.0 Å². The van der Waals surface area contributed by atoms with Crippen molar-refractivity contribution >= 4 is 5.91 Å². The molecule has 2 aliphatic carbocycles. The molecule has 1 amide bonds. The molecule has 0 saturated heterocycles. The number of nitrogens with one attached hydrogen (secondary N) is 1. The molecule has 0 bridgehead atoms. The molecule has 0 spiro atoms. The van der Waals surface area contributed by atoms with Crippen molar-refractivity contribution in [2.24, 2.45) is 17.6 Å². The summed E-state index contributed by atoms with van der Waals surface area (Å²) in [6, 6.07) is 0.369. The summed E-state index contributed by atoms with van der Waals surface area (Å²) in [5.74, 6) is 1.20. The first-order valence-corrected chi connectivity index (χ1v) is 7.79. The summed E-state index contributed by atoms with van der Waals surface area (Å²) in [4.78, 5) is 12.2. The van der Waals surface area contributed by atoms with Gasteiger partial charge >= 0.3 is 0 Å². The summed E-state index contributed by atoms with van der Waals surface area (Å²) in [5.41, 5.74) is 5.90. The van der Waals surface area contributed by atoms with Gasteiger partial charge in [0.1, 0.15) is 0 Å². The third-order valence-corrected chi connectivity index (χ3v) is 4.62. The van der Waals surface area contributed by atoms with Gasteiger partial charge in [-0.1, -0.05) is 32.1 Å². The van der Waals surface area contributed by atoms with Crippen LogP contribution in [0.4, 0.5) is 0 Å². The van der Waals surface area contributed by atoms with Gasteiger partial charge in [0, 0.05) is 18.5 Å². The van der Waals surface area contributed by atoms with Crippen LogP contribution in [-0.2, 0) is 4.79 Å². The maximum absolute atomic E-state index is 12.2. The minimum absolute atomic E-state index is 0.278. The number of hydrogen-bond acceptors (Lipinski definition) is 2. The van der Waals surface area contributed by atoms with E-state index in [4.69, 9.17) is 5.73 Å². The van der Waals surface area contributed by atoms with Crippen LogP contribution in [0.25, 0.3) is 0 Å². The van der Waals surface area contributed by atoms with Crippen molar-refractivity contribution in [3.8, 4) is 0 Å². The molecule has 2 unspecified atom stereocenters. The molecule has 0 heterocycles. The molecule has 2 fully saturated rings. The molecule has 2 saturated carbocycles. The van der Waals surface area contributed by atoms with Gasteiger partial charge in [-0.15, -0.1) is 0 Å². The Kier molecular flexibility index (Phi) is 5.48. The van der Waals surface area contributed by atoms with Crippen molar-refractivity contribution in [3.05, 3.63) is 0 Å². The summed E-state index contributed by atoms with van der Waals surface area (Å²) < 4.78 is 0. The Morgan fingerprint density at radius 1 is 1.00 bits per heavy atom. The topological polar surface area (TPSA) is 55.1 Å². The highest BCUT2D eigenvalue weighted by Gasteiger charge is 2.24. The number of carbonyl (C=O) groups is 1. The molecule has 18 heavy (non-hydrogen) atoms. The normalized spacial score (nSPS) is 30.7. The highest BCUT2D eigenvalue weighted by atomic mass is 16.1. The van der Waals surface area contributed by atoms with Crippen LogP contribution in [0.3, 0.4) is 0 Å². The van der Waals surface area contributed by atoms with E-state index in [1.54, 1.807) is 0 Å². The largest absolute Gasteiger partial charge is 0.356 e. The fraction of sp³-hybridized carbons (Fsp3) is 0.933. The molecule has 2 aliphatic rings. The minimum Gasteiger partial charge on any atom is -0.356 e. The van der Waals surface area contributed by atoms with E-state index in [0.29, 0.717) is 17.9 Å². The first-order valence-electron chi connectivity index (χ1n) is 7.79. The van der Waals surface area contributed by atoms with Gasteiger partial charge in [0.05, 0.1) is 0 Å². The fourth-order valence-electron chi connectivity index (χ4n) is 3.41. The van der Waals surface area contributed by atoms with E-state index in [2.05, 4.69) is 5.32 Å². The number of rotatable bonds is 3. The van der Waals surface area contributed by atoms with Crippen molar-refractivity contribution < 1.29 is 4.79 Å². The maximum Gasteiger partial charge on any atom is 0.223 e. The second-order valence-corrected chi connectivity index (χ2v) is 6.23. The van der Waals surface area contributed by atoms with E-state index >= 15 is 0 Å². The van der Waals surface area contributed by atoms with Gasteiger partial charge in [0.25, 0.3) is 0 Å². The Labute approximate surface area is 111 Å². The molecule has 2 rings (SSSR count). The third kappa shape index (κ3) is 4.27. The molecular weight excluding hydrogens is 224 g/mol. The summed E-state index contributed by atoms with van der Waals surface area (Å²) in [6.07, 6.45) is 12.0. The van der Waals surface area contributed by atoms with E-state index < -0.39 is 0 Å². The standard InChI is InChI=1S/C15H28N2O/c16-14-9-8-12(10-14)11-17-15(18)13-6-4-2-1-3-5-7-13/h12-14H,1-11,16H2,(H,17,18). The fourth-order valence-corrected chi connectivity index (χ4v) is 3.41. The lowest BCUT2D eigenvalue weighted by molar-refractivity contribution is -0.125. The lowest BCUT2D eigenvalue weighted by atomic mass is 9.90. The predicted molar refractivity (Wildman–Crippen MR) is 74.1 cm³/mol. The Bertz CT molecular complexity index is 259. The summed E-state index contributed by atoms with van der Waals surface area (Å²) in [5, 5.41) is 3.17. The van der Waals surface area contributed by atoms with Gasteiger partial charge in [-0.3, -0.25) is 4.79 Å². The van der Waals surface area contributed by atoms with Crippen LogP contribution in [0.1, 0.15) is 64.2 Å². The number of carbonyl (C=O) groups excluding carboxylic acids is 1. The van der Waals surface area contributed by atoms with Crippen molar-refractivity contribution in [2.75, 3.05) is 6.54 Å². The van der Waals surface area contributed by atoms with Crippen LogP contribution in [0.15, 0.2) is 0 Å². The minimum atomic E-state index is 0.278. The van der Waals surface area contributed by atoms with Gasteiger partial charge in [0.15, 0.2) is 0 Å². The highest BCUT2D eigenvalue weighted by Crippen LogP contribution is 2.25.